The summed E-state index contributed by atoms with van der Waals surface area (Å²) >= 11 is 0. The fourth-order valence-electron chi connectivity index (χ4n) is 1.46. The number of nitrogens with two attached hydrogens (primary N) is 2. The van der Waals surface area contributed by atoms with Crippen LogP contribution >= 0.6 is 0 Å². The average molecular weight is 221 g/mol. The second-order valence-corrected chi connectivity index (χ2v) is 3.95. The van der Waals surface area contributed by atoms with Crippen molar-refractivity contribution in [3.63, 3.8) is 0 Å². The average Bonchev–Trinajstić information content (AvgIpc) is 2.24. The summed E-state index contributed by atoms with van der Waals surface area (Å²) in [4.78, 5) is 10.7. The van der Waals surface area contributed by atoms with Crippen molar-refractivity contribution >= 4 is 5.91 Å². The van der Waals surface area contributed by atoms with Crippen molar-refractivity contribution in [1.29, 1.82) is 0 Å². The molecule has 4 heteroatoms. The van der Waals surface area contributed by atoms with Gasteiger partial charge >= 0.3 is 0 Å². The standard InChI is InChI=1S/C12H19N3O/c1-9-3-2-4-10(7-9)5-6-15-8-11(13)12(14)16/h2-4,7,11,15H,5-6,8,13H2,1H3,(H2,14,16). The van der Waals surface area contributed by atoms with Crippen LogP contribution in [0.15, 0.2) is 24.3 Å². The molecule has 0 aliphatic carbocycles. The summed E-state index contributed by atoms with van der Waals surface area (Å²) in [5.74, 6) is -0.469. The Labute approximate surface area is 96.0 Å². The zero-order valence-corrected chi connectivity index (χ0v) is 9.57. The van der Waals surface area contributed by atoms with Crippen LogP contribution in [0.5, 0.6) is 0 Å². The van der Waals surface area contributed by atoms with Gasteiger partial charge in [0.05, 0.1) is 6.04 Å². The third-order valence-electron chi connectivity index (χ3n) is 2.40. The minimum Gasteiger partial charge on any atom is -0.368 e. The summed E-state index contributed by atoms with van der Waals surface area (Å²) < 4.78 is 0. The van der Waals surface area contributed by atoms with Crippen LogP contribution in [0.25, 0.3) is 0 Å². The van der Waals surface area contributed by atoms with Gasteiger partial charge in [-0.2, -0.15) is 0 Å². The molecule has 0 heterocycles. The monoisotopic (exact) mass is 221 g/mol. The maximum atomic E-state index is 10.7. The summed E-state index contributed by atoms with van der Waals surface area (Å²) in [5, 5.41) is 3.11. The van der Waals surface area contributed by atoms with Crippen LogP contribution in [-0.4, -0.2) is 25.0 Å². The topological polar surface area (TPSA) is 81.1 Å². The molecule has 88 valence electrons. The quantitative estimate of drug-likeness (QED) is 0.589. The van der Waals surface area contributed by atoms with Gasteiger partial charge in [0.2, 0.25) is 5.91 Å². The zero-order chi connectivity index (χ0) is 12.0. The van der Waals surface area contributed by atoms with Crippen molar-refractivity contribution in [2.45, 2.75) is 19.4 Å². The van der Waals surface area contributed by atoms with E-state index < -0.39 is 11.9 Å². The number of hydrogen-bond acceptors (Lipinski definition) is 3. The molecular weight excluding hydrogens is 202 g/mol. The molecule has 0 fully saturated rings. The van der Waals surface area contributed by atoms with Crippen LogP contribution in [0.2, 0.25) is 0 Å². The number of rotatable bonds is 6. The van der Waals surface area contributed by atoms with E-state index in [9.17, 15) is 4.79 Å². The molecule has 1 aromatic rings. The molecule has 4 nitrogen and oxygen atoms in total. The molecule has 1 aromatic carbocycles. The molecule has 5 N–H and O–H groups in total. The molecule has 0 aromatic heterocycles. The zero-order valence-electron chi connectivity index (χ0n) is 9.57. The first-order valence-electron chi connectivity index (χ1n) is 5.41. The summed E-state index contributed by atoms with van der Waals surface area (Å²) in [5.41, 5.74) is 13.1. The van der Waals surface area contributed by atoms with Crippen molar-refractivity contribution in [3.8, 4) is 0 Å². The van der Waals surface area contributed by atoms with Crippen molar-refractivity contribution < 1.29 is 4.79 Å². The van der Waals surface area contributed by atoms with Crippen LogP contribution in [0, 0.1) is 6.92 Å². The molecule has 0 radical (unpaired) electrons. The fraction of sp³-hybridized carbons (Fsp3) is 0.417. The predicted octanol–water partition coefficient (Wildman–Crippen LogP) is -0.0603. The van der Waals surface area contributed by atoms with Gasteiger partial charge in [0.1, 0.15) is 0 Å². The third kappa shape index (κ3) is 4.42. The second kappa shape index (κ2) is 6.25. The molecule has 16 heavy (non-hydrogen) atoms. The van der Waals surface area contributed by atoms with Gasteiger partial charge in [0, 0.05) is 6.54 Å². The van der Waals surface area contributed by atoms with Crippen LogP contribution in [0.3, 0.4) is 0 Å². The maximum absolute atomic E-state index is 10.7. The minimum atomic E-state index is -0.600. The lowest BCUT2D eigenvalue weighted by atomic mass is 10.1. The molecule has 1 unspecified atom stereocenters. The maximum Gasteiger partial charge on any atom is 0.235 e. The number of nitrogens with one attached hydrogen (secondary N) is 1. The van der Waals surface area contributed by atoms with Crippen molar-refractivity contribution in [1.82, 2.24) is 5.32 Å². The number of benzene rings is 1. The van der Waals surface area contributed by atoms with Gasteiger partial charge < -0.3 is 16.8 Å². The van der Waals surface area contributed by atoms with Gasteiger partial charge in [0.25, 0.3) is 0 Å². The van der Waals surface area contributed by atoms with E-state index >= 15 is 0 Å². The number of hydrogen-bond donors (Lipinski definition) is 3. The largest absolute Gasteiger partial charge is 0.368 e. The van der Waals surface area contributed by atoms with Crippen molar-refractivity contribution in [3.05, 3.63) is 35.4 Å². The third-order valence-corrected chi connectivity index (χ3v) is 2.40. The highest BCUT2D eigenvalue weighted by molar-refractivity contribution is 5.79. The molecule has 0 saturated heterocycles. The van der Waals surface area contributed by atoms with Gasteiger partial charge in [-0.15, -0.1) is 0 Å². The van der Waals surface area contributed by atoms with E-state index in [1.165, 1.54) is 11.1 Å². The fourth-order valence-corrected chi connectivity index (χ4v) is 1.46. The first-order valence-corrected chi connectivity index (χ1v) is 5.41. The molecule has 0 aliphatic heterocycles. The van der Waals surface area contributed by atoms with E-state index in [1.54, 1.807) is 0 Å². The van der Waals surface area contributed by atoms with Crippen molar-refractivity contribution in [2.24, 2.45) is 11.5 Å². The van der Waals surface area contributed by atoms with Gasteiger partial charge in [-0.1, -0.05) is 29.8 Å². The SMILES string of the molecule is Cc1cccc(CCNCC(N)C(N)=O)c1. The van der Waals surface area contributed by atoms with E-state index in [0.717, 1.165) is 13.0 Å². The Morgan fingerprint density at radius 1 is 1.50 bits per heavy atom. The first-order chi connectivity index (χ1) is 7.59. The lowest BCUT2D eigenvalue weighted by Gasteiger charge is -2.09. The van der Waals surface area contributed by atoms with Gasteiger partial charge in [-0.25, -0.2) is 0 Å². The van der Waals surface area contributed by atoms with E-state index in [0.29, 0.717) is 6.54 Å². The Kier molecular flexibility index (Phi) is 4.95. The Morgan fingerprint density at radius 3 is 2.88 bits per heavy atom. The highest BCUT2D eigenvalue weighted by Crippen LogP contribution is 2.03. The minimum absolute atomic E-state index is 0.432. The van der Waals surface area contributed by atoms with E-state index in [2.05, 4.69) is 30.4 Å². The van der Waals surface area contributed by atoms with Gasteiger partial charge in [0.15, 0.2) is 0 Å². The molecule has 0 aliphatic rings. The number of aryl methyl sites for hydroxylation is 1. The Hall–Kier alpha value is -1.39. The van der Waals surface area contributed by atoms with Crippen LogP contribution in [0.1, 0.15) is 11.1 Å². The van der Waals surface area contributed by atoms with Crippen LogP contribution < -0.4 is 16.8 Å². The summed E-state index contributed by atoms with van der Waals surface area (Å²) in [7, 11) is 0. The van der Waals surface area contributed by atoms with E-state index in [1.807, 2.05) is 6.07 Å². The molecule has 1 atom stereocenters. The molecule has 0 bridgehead atoms. The summed E-state index contributed by atoms with van der Waals surface area (Å²) in [6, 6.07) is 7.75. The molecule has 1 rings (SSSR count). The molecular formula is C12H19N3O. The lowest BCUT2D eigenvalue weighted by molar-refractivity contribution is -0.119. The number of carbonyl (C=O) groups excluding carboxylic acids is 1. The number of primary amides is 1. The summed E-state index contributed by atoms with van der Waals surface area (Å²) in [6.07, 6.45) is 0.924. The molecule has 1 amide bonds. The summed E-state index contributed by atoms with van der Waals surface area (Å²) in [6.45, 7) is 3.30. The van der Waals surface area contributed by atoms with Crippen LogP contribution in [-0.2, 0) is 11.2 Å². The Morgan fingerprint density at radius 2 is 2.25 bits per heavy atom. The van der Waals surface area contributed by atoms with Crippen LogP contribution in [0.4, 0.5) is 0 Å². The number of carbonyl (C=O) groups is 1. The van der Waals surface area contributed by atoms with E-state index in [4.69, 9.17) is 11.5 Å². The first kappa shape index (κ1) is 12.7. The number of amides is 1. The second-order valence-electron chi connectivity index (χ2n) is 3.95. The molecule has 0 spiro atoms. The smallest absolute Gasteiger partial charge is 0.235 e. The van der Waals surface area contributed by atoms with Gasteiger partial charge in [-0.05, 0) is 25.5 Å². The Balaban J connectivity index is 2.23. The Bertz CT molecular complexity index is 352. The van der Waals surface area contributed by atoms with Gasteiger partial charge in [-0.3, -0.25) is 4.79 Å². The lowest BCUT2D eigenvalue weighted by Crippen LogP contribution is -2.44. The normalized spacial score (nSPS) is 12.4. The highest BCUT2D eigenvalue weighted by Gasteiger charge is 2.07. The predicted molar refractivity (Wildman–Crippen MR) is 64.9 cm³/mol. The highest BCUT2D eigenvalue weighted by atomic mass is 16.1. The van der Waals surface area contributed by atoms with Crippen molar-refractivity contribution in [2.75, 3.05) is 13.1 Å². The van der Waals surface area contributed by atoms with E-state index in [-0.39, 0.29) is 0 Å². The molecule has 0 saturated carbocycles.